The first-order chi connectivity index (χ1) is 8.12. The molecule has 0 amide bonds. The van der Waals surface area contributed by atoms with Crippen molar-refractivity contribution in [2.75, 3.05) is 21.3 Å². The van der Waals surface area contributed by atoms with Gasteiger partial charge in [-0.1, -0.05) is 0 Å². The van der Waals surface area contributed by atoms with E-state index in [4.69, 9.17) is 14.2 Å². The summed E-state index contributed by atoms with van der Waals surface area (Å²) in [6.45, 7) is 1.44. The minimum Gasteiger partial charge on any atom is -0.480 e. The highest BCUT2D eigenvalue weighted by Gasteiger charge is 2.14. The largest absolute Gasteiger partial charge is 0.480 e. The molecular formula is C11H14N2O4. The lowest BCUT2D eigenvalue weighted by atomic mass is 10.2. The highest BCUT2D eigenvalue weighted by atomic mass is 16.5. The Morgan fingerprint density at radius 2 is 1.59 bits per heavy atom. The normalized spacial score (nSPS) is 10.4. The standard InChI is InChI=1S/C11H14N2O4/c1-7(14)5-6-8-9(15-2)12-11(17-4)13-10(8)16-3/h5-6H,1-4H3. The monoisotopic (exact) mass is 238 g/mol. The predicted octanol–water partition coefficient (Wildman–Crippen LogP) is 1.10. The number of allylic oxidation sites excluding steroid dienone is 1. The second kappa shape index (κ2) is 5.83. The molecule has 6 nitrogen and oxygen atoms in total. The molecule has 1 rings (SSSR count). The Kier molecular flexibility index (Phi) is 4.45. The van der Waals surface area contributed by atoms with Crippen LogP contribution in [0.3, 0.4) is 0 Å². The van der Waals surface area contributed by atoms with Crippen LogP contribution in [0.1, 0.15) is 12.5 Å². The molecule has 1 heterocycles. The summed E-state index contributed by atoms with van der Waals surface area (Å²) < 4.78 is 15.1. The number of carbonyl (C=O) groups excluding carboxylic acids is 1. The molecule has 0 radical (unpaired) electrons. The van der Waals surface area contributed by atoms with E-state index in [1.54, 1.807) is 6.08 Å². The Balaban J connectivity index is 3.29. The van der Waals surface area contributed by atoms with Gasteiger partial charge < -0.3 is 14.2 Å². The second-order valence-corrected chi connectivity index (χ2v) is 3.09. The molecule has 0 spiro atoms. The van der Waals surface area contributed by atoms with Crippen molar-refractivity contribution in [1.82, 2.24) is 9.97 Å². The van der Waals surface area contributed by atoms with Crippen LogP contribution in [0.15, 0.2) is 6.08 Å². The molecule has 0 aliphatic heterocycles. The maximum atomic E-state index is 10.9. The molecule has 0 saturated heterocycles. The number of nitrogens with zero attached hydrogens (tertiary/aromatic N) is 2. The van der Waals surface area contributed by atoms with Crippen molar-refractivity contribution in [3.8, 4) is 17.8 Å². The van der Waals surface area contributed by atoms with Gasteiger partial charge in [-0.3, -0.25) is 4.79 Å². The second-order valence-electron chi connectivity index (χ2n) is 3.09. The van der Waals surface area contributed by atoms with Gasteiger partial charge in [0.15, 0.2) is 5.78 Å². The zero-order valence-electron chi connectivity index (χ0n) is 10.2. The number of rotatable bonds is 5. The Labute approximate surface area is 99.2 Å². The fraction of sp³-hybridized carbons (Fsp3) is 0.364. The summed E-state index contributed by atoms with van der Waals surface area (Å²) in [6, 6.07) is 0.138. The summed E-state index contributed by atoms with van der Waals surface area (Å²) in [6.07, 6.45) is 2.93. The van der Waals surface area contributed by atoms with E-state index in [2.05, 4.69) is 9.97 Å². The van der Waals surface area contributed by atoms with Crippen molar-refractivity contribution >= 4 is 11.9 Å². The van der Waals surface area contributed by atoms with Crippen molar-refractivity contribution in [3.63, 3.8) is 0 Å². The summed E-state index contributed by atoms with van der Waals surface area (Å²) in [5, 5.41) is 0. The van der Waals surface area contributed by atoms with Gasteiger partial charge in [-0.05, 0) is 19.1 Å². The van der Waals surface area contributed by atoms with E-state index in [1.165, 1.54) is 34.3 Å². The Bertz CT molecular complexity index is 418. The van der Waals surface area contributed by atoms with Gasteiger partial charge in [0, 0.05) is 0 Å². The minimum absolute atomic E-state index is 0.0927. The average molecular weight is 238 g/mol. The van der Waals surface area contributed by atoms with E-state index in [9.17, 15) is 4.79 Å². The van der Waals surface area contributed by atoms with Crippen LogP contribution >= 0.6 is 0 Å². The molecule has 0 aliphatic carbocycles. The third kappa shape index (κ3) is 3.17. The molecular weight excluding hydrogens is 224 g/mol. The smallest absolute Gasteiger partial charge is 0.322 e. The lowest BCUT2D eigenvalue weighted by Gasteiger charge is -2.09. The molecule has 92 valence electrons. The van der Waals surface area contributed by atoms with Crippen LogP contribution in [-0.2, 0) is 4.79 Å². The topological polar surface area (TPSA) is 70.5 Å². The van der Waals surface area contributed by atoms with Gasteiger partial charge in [0.2, 0.25) is 11.8 Å². The highest BCUT2D eigenvalue weighted by Crippen LogP contribution is 2.28. The molecule has 0 atom stereocenters. The molecule has 17 heavy (non-hydrogen) atoms. The Morgan fingerprint density at radius 1 is 1.06 bits per heavy atom. The number of methoxy groups -OCH3 is 3. The molecule has 0 N–H and O–H groups in total. The number of hydrogen-bond acceptors (Lipinski definition) is 6. The molecule has 6 heteroatoms. The fourth-order valence-electron chi connectivity index (χ4n) is 1.16. The van der Waals surface area contributed by atoms with Gasteiger partial charge in [-0.2, -0.15) is 9.97 Å². The summed E-state index contributed by atoms with van der Waals surface area (Å²) in [5.41, 5.74) is 0.492. The first kappa shape index (κ1) is 13.0. The predicted molar refractivity (Wildman–Crippen MR) is 61.4 cm³/mol. The first-order valence-electron chi connectivity index (χ1n) is 4.85. The van der Waals surface area contributed by atoms with Gasteiger partial charge in [0.25, 0.3) is 0 Å². The number of ether oxygens (including phenoxy) is 3. The van der Waals surface area contributed by atoms with Gasteiger partial charge in [0.1, 0.15) is 0 Å². The van der Waals surface area contributed by atoms with E-state index < -0.39 is 0 Å². The molecule has 1 aromatic rings. The number of aromatic nitrogens is 2. The molecule has 0 aliphatic rings. The quantitative estimate of drug-likeness (QED) is 0.715. The third-order valence-corrected chi connectivity index (χ3v) is 1.91. The summed E-state index contributed by atoms with van der Waals surface area (Å²) in [5.74, 6) is 0.474. The van der Waals surface area contributed by atoms with Crippen LogP contribution in [0.4, 0.5) is 0 Å². The van der Waals surface area contributed by atoms with Crippen LogP contribution in [0.5, 0.6) is 17.8 Å². The van der Waals surface area contributed by atoms with Crippen molar-refractivity contribution in [2.24, 2.45) is 0 Å². The van der Waals surface area contributed by atoms with E-state index >= 15 is 0 Å². The molecule has 0 bridgehead atoms. The van der Waals surface area contributed by atoms with Crippen LogP contribution in [-0.4, -0.2) is 37.1 Å². The van der Waals surface area contributed by atoms with Crippen molar-refractivity contribution in [3.05, 3.63) is 11.6 Å². The van der Waals surface area contributed by atoms with Crippen molar-refractivity contribution < 1.29 is 19.0 Å². The van der Waals surface area contributed by atoms with Gasteiger partial charge in [-0.15, -0.1) is 0 Å². The zero-order valence-corrected chi connectivity index (χ0v) is 10.2. The number of ketones is 1. The fourth-order valence-corrected chi connectivity index (χ4v) is 1.16. The Hall–Kier alpha value is -2.11. The minimum atomic E-state index is -0.0927. The molecule has 0 unspecified atom stereocenters. The summed E-state index contributed by atoms with van der Waals surface area (Å²) in [7, 11) is 4.37. The van der Waals surface area contributed by atoms with E-state index in [0.29, 0.717) is 5.56 Å². The van der Waals surface area contributed by atoms with E-state index in [0.717, 1.165) is 0 Å². The van der Waals surface area contributed by atoms with Crippen LogP contribution in [0.25, 0.3) is 6.08 Å². The zero-order chi connectivity index (χ0) is 12.8. The summed E-state index contributed by atoms with van der Waals surface area (Å²) >= 11 is 0. The number of carbonyl (C=O) groups is 1. The lowest BCUT2D eigenvalue weighted by molar-refractivity contribution is -0.112. The molecule has 0 saturated carbocycles. The SMILES string of the molecule is COc1nc(OC)c(C=CC(C)=O)c(OC)n1. The van der Waals surface area contributed by atoms with E-state index in [1.807, 2.05) is 0 Å². The van der Waals surface area contributed by atoms with Gasteiger partial charge in [0.05, 0.1) is 26.9 Å². The maximum Gasteiger partial charge on any atom is 0.322 e. The van der Waals surface area contributed by atoms with Crippen molar-refractivity contribution in [1.29, 1.82) is 0 Å². The first-order valence-corrected chi connectivity index (χ1v) is 4.85. The summed E-state index contributed by atoms with van der Waals surface area (Å²) in [4.78, 5) is 18.9. The van der Waals surface area contributed by atoms with Crippen LogP contribution in [0, 0.1) is 0 Å². The molecule has 0 fully saturated rings. The molecule has 0 aromatic carbocycles. The maximum absolute atomic E-state index is 10.9. The van der Waals surface area contributed by atoms with Crippen LogP contribution < -0.4 is 14.2 Å². The number of hydrogen-bond donors (Lipinski definition) is 0. The van der Waals surface area contributed by atoms with E-state index in [-0.39, 0.29) is 23.6 Å². The van der Waals surface area contributed by atoms with Gasteiger partial charge >= 0.3 is 6.01 Å². The lowest BCUT2D eigenvalue weighted by Crippen LogP contribution is -2.01. The Morgan fingerprint density at radius 3 is 1.94 bits per heavy atom. The van der Waals surface area contributed by atoms with Gasteiger partial charge in [-0.25, -0.2) is 0 Å². The third-order valence-electron chi connectivity index (χ3n) is 1.91. The molecule has 1 aromatic heterocycles. The van der Waals surface area contributed by atoms with Crippen molar-refractivity contribution in [2.45, 2.75) is 6.92 Å². The van der Waals surface area contributed by atoms with Crippen LogP contribution in [0.2, 0.25) is 0 Å². The average Bonchev–Trinajstić information content (AvgIpc) is 2.34. The highest BCUT2D eigenvalue weighted by molar-refractivity contribution is 5.92.